The number of aromatic nitrogens is 1. The van der Waals surface area contributed by atoms with Crippen LogP contribution >= 0.6 is 0 Å². The lowest BCUT2D eigenvalue weighted by atomic mass is 9.98. The van der Waals surface area contributed by atoms with Gasteiger partial charge in [0, 0.05) is 31.4 Å². The Balaban J connectivity index is 2.03. The molecule has 1 aromatic carbocycles. The molecular formula is C19H21F3N2O. The Labute approximate surface area is 145 Å². The van der Waals surface area contributed by atoms with Crippen LogP contribution in [0, 0.1) is 0 Å². The van der Waals surface area contributed by atoms with E-state index >= 15 is 0 Å². The molecule has 1 heterocycles. The van der Waals surface area contributed by atoms with E-state index in [1.54, 1.807) is 18.0 Å². The lowest BCUT2D eigenvalue weighted by Gasteiger charge is -2.24. The van der Waals surface area contributed by atoms with Crippen LogP contribution in [-0.4, -0.2) is 28.9 Å². The van der Waals surface area contributed by atoms with Gasteiger partial charge in [0.05, 0.1) is 11.5 Å². The normalized spacial score (nSPS) is 12.7. The minimum absolute atomic E-state index is 0.0989. The number of halogens is 3. The fourth-order valence-corrected chi connectivity index (χ4v) is 2.60. The number of nitrogens with zero attached hydrogens (tertiary/aromatic N) is 2. The molecule has 134 valence electrons. The van der Waals surface area contributed by atoms with E-state index in [4.69, 9.17) is 0 Å². The van der Waals surface area contributed by atoms with Crippen LogP contribution < -0.4 is 0 Å². The van der Waals surface area contributed by atoms with Crippen molar-refractivity contribution in [2.24, 2.45) is 0 Å². The van der Waals surface area contributed by atoms with Crippen molar-refractivity contribution in [3.8, 4) is 0 Å². The van der Waals surface area contributed by atoms with E-state index in [0.717, 1.165) is 17.8 Å². The number of carbonyl (C=O) groups excluding carboxylic acids is 1. The second-order valence-corrected chi connectivity index (χ2v) is 5.83. The van der Waals surface area contributed by atoms with Crippen molar-refractivity contribution in [1.82, 2.24) is 9.88 Å². The minimum atomic E-state index is -4.37. The Bertz CT molecular complexity index is 684. The second-order valence-electron chi connectivity index (χ2n) is 5.83. The van der Waals surface area contributed by atoms with Crippen molar-refractivity contribution in [3.63, 3.8) is 0 Å². The molecule has 0 fully saturated rings. The van der Waals surface area contributed by atoms with Crippen molar-refractivity contribution < 1.29 is 18.0 Å². The van der Waals surface area contributed by atoms with Gasteiger partial charge in [0.1, 0.15) is 0 Å². The van der Waals surface area contributed by atoms with Crippen LogP contribution in [0.15, 0.2) is 48.7 Å². The largest absolute Gasteiger partial charge is 0.416 e. The topological polar surface area (TPSA) is 33.2 Å². The number of rotatable bonds is 6. The Morgan fingerprint density at radius 1 is 1.16 bits per heavy atom. The molecular weight excluding hydrogens is 329 g/mol. The number of carbonyl (C=O) groups is 1. The standard InChI is InChI=1S/C19H21F3N2O/c1-3-24(13-11-17-6-4-5-12-23-17)18(25)14(2)15-7-9-16(10-8-15)19(20,21)22/h4-10,12,14H,3,11,13H2,1-2H3. The van der Waals surface area contributed by atoms with Gasteiger partial charge in [0.2, 0.25) is 5.91 Å². The van der Waals surface area contributed by atoms with Crippen molar-refractivity contribution in [1.29, 1.82) is 0 Å². The highest BCUT2D eigenvalue weighted by atomic mass is 19.4. The molecule has 0 aliphatic heterocycles. The summed E-state index contributed by atoms with van der Waals surface area (Å²) in [7, 11) is 0. The van der Waals surface area contributed by atoms with Gasteiger partial charge in [-0.1, -0.05) is 18.2 Å². The maximum Gasteiger partial charge on any atom is 0.416 e. The van der Waals surface area contributed by atoms with Gasteiger partial charge in [-0.25, -0.2) is 0 Å². The first-order valence-corrected chi connectivity index (χ1v) is 8.18. The summed E-state index contributed by atoms with van der Waals surface area (Å²) in [6.07, 6.45) is -2.03. The number of hydrogen-bond acceptors (Lipinski definition) is 2. The summed E-state index contributed by atoms with van der Waals surface area (Å²) in [5.74, 6) is -0.593. The molecule has 2 rings (SSSR count). The molecule has 1 amide bonds. The molecule has 1 aromatic heterocycles. The second kappa shape index (κ2) is 8.14. The van der Waals surface area contributed by atoms with Crippen LogP contribution in [0.25, 0.3) is 0 Å². The van der Waals surface area contributed by atoms with E-state index in [1.165, 1.54) is 12.1 Å². The molecule has 0 saturated carbocycles. The summed E-state index contributed by atoms with van der Waals surface area (Å²) in [5.41, 5.74) is 0.767. The van der Waals surface area contributed by atoms with E-state index in [-0.39, 0.29) is 5.91 Å². The van der Waals surface area contributed by atoms with Crippen LogP contribution in [0.2, 0.25) is 0 Å². The quantitative estimate of drug-likeness (QED) is 0.778. The number of benzene rings is 1. The molecule has 6 heteroatoms. The van der Waals surface area contributed by atoms with Gasteiger partial charge in [-0.05, 0) is 43.7 Å². The molecule has 0 saturated heterocycles. The summed E-state index contributed by atoms with van der Waals surface area (Å²) < 4.78 is 37.9. The predicted octanol–water partition coefficient (Wildman–Crippen LogP) is 4.30. The summed E-state index contributed by atoms with van der Waals surface area (Å²) >= 11 is 0. The third-order valence-corrected chi connectivity index (χ3v) is 4.17. The predicted molar refractivity (Wildman–Crippen MR) is 90.1 cm³/mol. The number of amides is 1. The van der Waals surface area contributed by atoms with Gasteiger partial charge >= 0.3 is 6.18 Å². The van der Waals surface area contributed by atoms with Gasteiger partial charge in [-0.3, -0.25) is 9.78 Å². The third kappa shape index (κ3) is 5.05. The molecule has 0 radical (unpaired) electrons. The third-order valence-electron chi connectivity index (χ3n) is 4.17. The molecule has 2 aromatic rings. The van der Waals surface area contributed by atoms with Crippen LogP contribution in [0.3, 0.4) is 0 Å². The van der Waals surface area contributed by atoms with Crippen LogP contribution in [0.4, 0.5) is 13.2 Å². The smallest absolute Gasteiger partial charge is 0.342 e. The average molecular weight is 350 g/mol. The van der Waals surface area contributed by atoms with E-state index in [2.05, 4.69) is 4.98 Å². The van der Waals surface area contributed by atoms with Gasteiger partial charge in [-0.15, -0.1) is 0 Å². The number of pyridine rings is 1. The highest BCUT2D eigenvalue weighted by molar-refractivity contribution is 5.83. The monoisotopic (exact) mass is 350 g/mol. The first-order chi connectivity index (χ1) is 11.8. The zero-order valence-corrected chi connectivity index (χ0v) is 14.3. The van der Waals surface area contributed by atoms with E-state index in [0.29, 0.717) is 25.1 Å². The molecule has 0 N–H and O–H groups in total. The first-order valence-electron chi connectivity index (χ1n) is 8.18. The highest BCUT2D eigenvalue weighted by Gasteiger charge is 2.30. The van der Waals surface area contributed by atoms with Crippen molar-refractivity contribution in [2.45, 2.75) is 32.4 Å². The van der Waals surface area contributed by atoms with Gasteiger partial charge in [0.15, 0.2) is 0 Å². The minimum Gasteiger partial charge on any atom is -0.342 e. The molecule has 0 aliphatic rings. The SMILES string of the molecule is CCN(CCc1ccccn1)C(=O)C(C)c1ccc(C(F)(F)F)cc1. The maximum absolute atomic E-state index is 12.7. The van der Waals surface area contributed by atoms with Gasteiger partial charge in [0.25, 0.3) is 0 Å². The summed E-state index contributed by atoms with van der Waals surface area (Å²) in [6.45, 7) is 4.66. The van der Waals surface area contributed by atoms with E-state index < -0.39 is 17.7 Å². The maximum atomic E-state index is 12.7. The first kappa shape index (κ1) is 19.0. The zero-order valence-electron chi connectivity index (χ0n) is 14.3. The summed E-state index contributed by atoms with van der Waals surface area (Å²) in [5, 5.41) is 0. The van der Waals surface area contributed by atoms with Gasteiger partial charge in [-0.2, -0.15) is 13.2 Å². The van der Waals surface area contributed by atoms with Crippen molar-refractivity contribution in [2.75, 3.05) is 13.1 Å². The van der Waals surface area contributed by atoms with Crippen molar-refractivity contribution in [3.05, 3.63) is 65.5 Å². The number of alkyl halides is 3. The summed E-state index contributed by atoms with van der Waals surface area (Å²) in [4.78, 5) is 18.6. The molecule has 0 bridgehead atoms. The molecule has 1 atom stereocenters. The number of likely N-dealkylation sites (N-methyl/N-ethyl adjacent to an activating group) is 1. The van der Waals surface area contributed by atoms with E-state index in [1.807, 2.05) is 25.1 Å². The number of hydrogen-bond donors (Lipinski definition) is 0. The lowest BCUT2D eigenvalue weighted by molar-refractivity contribution is -0.137. The van der Waals surface area contributed by atoms with E-state index in [9.17, 15) is 18.0 Å². The molecule has 0 aliphatic carbocycles. The fourth-order valence-electron chi connectivity index (χ4n) is 2.60. The molecule has 3 nitrogen and oxygen atoms in total. The molecule has 1 unspecified atom stereocenters. The Morgan fingerprint density at radius 2 is 1.84 bits per heavy atom. The Hall–Kier alpha value is -2.37. The lowest BCUT2D eigenvalue weighted by Crippen LogP contribution is -2.35. The Kier molecular flexibility index (Phi) is 6.17. The highest BCUT2D eigenvalue weighted by Crippen LogP contribution is 2.30. The average Bonchev–Trinajstić information content (AvgIpc) is 2.61. The molecule has 25 heavy (non-hydrogen) atoms. The van der Waals surface area contributed by atoms with Crippen LogP contribution in [-0.2, 0) is 17.4 Å². The van der Waals surface area contributed by atoms with Crippen LogP contribution in [0.1, 0.15) is 36.6 Å². The zero-order chi connectivity index (χ0) is 18.4. The fraction of sp³-hybridized carbons (Fsp3) is 0.368. The van der Waals surface area contributed by atoms with Crippen LogP contribution in [0.5, 0.6) is 0 Å². The van der Waals surface area contributed by atoms with Gasteiger partial charge < -0.3 is 4.90 Å². The Morgan fingerprint density at radius 3 is 2.36 bits per heavy atom. The molecule has 0 spiro atoms. The summed E-state index contributed by atoms with van der Waals surface area (Å²) in [6, 6.07) is 10.4. The van der Waals surface area contributed by atoms with Crippen molar-refractivity contribution >= 4 is 5.91 Å².